The minimum Gasteiger partial charge on any atom is -0.354 e. The molecule has 1 unspecified atom stereocenters. The fraction of sp³-hybridized carbons (Fsp3) is 0.304. The van der Waals surface area contributed by atoms with Crippen LogP contribution in [0, 0.1) is 10.1 Å². The molecule has 1 atom stereocenters. The van der Waals surface area contributed by atoms with E-state index in [0.717, 1.165) is 23.3 Å². The third kappa shape index (κ3) is 5.71. The molecule has 10 heteroatoms. The second kappa shape index (κ2) is 10.5. The summed E-state index contributed by atoms with van der Waals surface area (Å²) in [4.78, 5) is 47.6. The van der Waals surface area contributed by atoms with Crippen molar-refractivity contribution < 1.29 is 24.3 Å². The van der Waals surface area contributed by atoms with E-state index < -0.39 is 4.92 Å². The molecule has 1 saturated heterocycles. The van der Waals surface area contributed by atoms with Crippen LogP contribution in [-0.4, -0.2) is 47.9 Å². The van der Waals surface area contributed by atoms with E-state index in [1.54, 1.807) is 29.2 Å². The topological polar surface area (TPSA) is 111 Å². The first kappa shape index (κ1) is 22.8. The first-order valence-electron chi connectivity index (χ1n) is 10.6. The molecule has 4 rings (SSSR count). The highest BCUT2D eigenvalue weighted by Gasteiger charge is 2.22. The fourth-order valence-corrected chi connectivity index (χ4v) is 4.79. The number of carbonyl (C=O) groups is 2. The van der Waals surface area contributed by atoms with Gasteiger partial charge in [0, 0.05) is 48.2 Å². The number of nitro benzene ring substituents is 1. The maximum absolute atomic E-state index is 12.5. The summed E-state index contributed by atoms with van der Waals surface area (Å²) in [6.45, 7) is 1.54. The molecule has 0 aliphatic carbocycles. The Bertz CT molecular complexity index is 1090. The normalized spacial score (nSPS) is 17.8. The molecule has 2 aliphatic rings. The van der Waals surface area contributed by atoms with Crippen LogP contribution in [0.1, 0.15) is 24.0 Å². The predicted molar refractivity (Wildman–Crippen MR) is 122 cm³/mol. The highest BCUT2D eigenvalue weighted by Crippen LogP contribution is 2.38. The number of piperidine rings is 1. The molecule has 0 aromatic heterocycles. The molecule has 1 fully saturated rings. The van der Waals surface area contributed by atoms with Gasteiger partial charge in [0.2, 0.25) is 12.3 Å². The van der Waals surface area contributed by atoms with Gasteiger partial charge in [-0.25, -0.2) is 0 Å². The first-order chi connectivity index (χ1) is 16.0. The lowest BCUT2D eigenvalue weighted by molar-refractivity contribution is -0.387. The Morgan fingerprint density at radius 2 is 2.15 bits per heavy atom. The monoisotopic (exact) mass is 469 g/mol. The number of hydrogen-bond acceptors (Lipinski definition) is 7. The molecule has 9 nitrogen and oxygen atoms in total. The van der Waals surface area contributed by atoms with Crippen LogP contribution in [0.15, 0.2) is 52.3 Å². The molecule has 2 aromatic carbocycles. The van der Waals surface area contributed by atoms with Gasteiger partial charge in [0.05, 0.1) is 16.4 Å². The summed E-state index contributed by atoms with van der Waals surface area (Å²) in [5.74, 6) is 0.473. The number of likely N-dealkylation sites (tertiary alicyclic amines) is 1. The molecular formula is C23H23N3O6S. The van der Waals surface area contributed by atoms with Gasteiger partial charge >= 0.3 is 0 Å². The quantitative estimate of drug-likeness (QED) is 0.218. The van der Waals surface area contributed by atoms with Crippen molar-refractivity contribution in [1.29, 1.82) is 0 Å². The van der Waals surface area contributed by atoms with Gasteiger partial charge in [0.15, 0.2) is 5.75 Å². The van der Waals surface area contributed by atoms with E-state index in [1.165, 1.54) is 23.9 Å². The smallest absolute Gasteiger partial charge is 0.283 e. The summed E-state index contributed by atoms with van der Waals surface area (Å²) in [6, 6.07) is 10.4. The maximum atomic E-state index is 12.5. The van der Waals surface area contributed by atoms with Crippen LogP contribution in [0.4, 0.5) is 5.69 Å². The molecule has 2 amide bonds. The number of nitrogens with zero attached hydrogens (tertiary/aromatic N) is 2. The number of rotatable bonds is 7. The fourth-order valence-electron chi connectivity index (χ4n) is 3.83. The van der Waals surface area contributed by atoms with Crippen LogP contribution in [0.25, 0.3) is 6.08 Å². The van der Waals surface area contributed by atoms with Gasteiger partial charge in [-0.1, -0.05) is 17.8 Å². The Hall–Kier alpha value is -3.37. The van der Waals surface area contributed by atoms with Crippen LogP contribution in [0.3, 0.4) is 0 Å². The van der Waals surface area contributed by atoms with E-state index in [0.29, 0.717) is 48.7 Å². The molecule has 1 N–H and O–H groups in total. The number of carbonyl (C=O) groups excluding carboxylic acids is 2. The van der Waals surface area contributed by atoms with Crippen molar-refractivity contribution in [2.24, 2.45) is 0 Å². The van der Waals surface area contributed by atoms with Crippen LogP contribution in [-0.2, 0) is 20.9 Å². The van der Waals surface area contributed by atoms with E-state index in [9.17, 15) is 19.7 Å². The summed E-state index contributed by atoms with van der Waals surface area (Å²) in [6.07, 6.45) is 6.01. The zero-order chi connectivity index (χ0) is 23.2. The largest absolute Gasteiger partial charge is 0.354 e. The summed E-state index contributed by atoms with van der Waals surface area (Å²) >= 11 is 1.30. The summed E-state index contributed by atoms with van der Waals surface area (Å²) < 4.78 is 0. The third-order valence-corrected chi connectivity index (χ3v) is 6.55. The highest BCUT2D eigenvalue weighted by molar-refractivity contribution is 7.99. The molecule has 2 heterocycles. The van der Waals surface area contributed by atoms with Gasteiger partial charge < -0.3 is 15.1 Å². The van der Waals surface area contributed by atoms with Crippen molar-refractivity contribution in [1.82, 2.24) is 10.2 Å². The van der Waals surface area contributed by atoms with Crippen molar-refractivity contribution in [3.8, 4) is 5.75 Å². The summed E-state index contributed by atoms with van der Waals surface area (Å²) in [5.41, 5.74) is 1.53. The van der Waals surface area contributed by atoms with Crippen molar-refractivity contribution in [2.75, 3.05) is 19.7 Å². The van der Waals surface area contributed by atoms with Gasteiger partial charge in [0.1, 0.15) is 0 Å². The van der Waals surface area contributed by atoms with Gasteiger partial charge in [-0.05, 0) is 48.7 Å². The Balaban J connectivity index is 1.47. The van der Waals surface area contributed by atoms with Crippen molar-refractivity contribution in [3.05, 3.63) is 63.7 Å². The molecule has 0 spiro atoms. The van der Waals surface area contributed by atoms with Crippen molar-refractivity contribution >= 4 is 35.8 Å². The molecular weight excluding hydrogens is 446 g/mol. The predicted octanol–water partition coefficient (Wildman–Crippen LogP) is 3.36. The van der Waals surface area contributed by atoms with Crippen LogP contribution in [0.5, 0.6) is 5.75 Å². The Morgan fingerprint density at radius 3 is 2.97 bits per heavy atom. The van der Waals surface area contributed by atoms with Crippen LogP contribution in [0.2, 0.25) is 0 Å². The van der Waals surface area contributed by atoms with Crippen molar-refractivity contribution in [2.45, 2.75) is 35.1 Å². The second-order valence-corrected chi connectivity index (χ2v) is 8.87. The molecule has 0 saturated carbocycles. The highest BCUT2D eigenvalue weighted by atomic mass is 32.2. The van der Waals surface area contributed by atoms with E-state index in [1.807, 2.05) is 12.1 Å². The van der Waals surface area contributed by atoms with Gasteiger partial charge in [-0.2, -0.15) is 4.89 Å². The number of fused-ring (bicyclic) bond motifs is 1. The van der Waals surface area contributed by atoms with E-state index in [2.05, 4.69) is 5.32 Å². The summed E-state index contributed by atoms with van der Waals surface area (Å²) in [5, 5.41) is 14.4. The molecule has 2 aromatic rings. The number of nitro groups is 1. The molecule has 0 bridgehead atoms. The lowest BCUT2D eigenvalue weighted by Gasteiger charge is -2.31. The average Bonchev–Trinajstić information content (AvgIpc) is 2.83. The summed E-state index contributed by atoms with van der Waals surface area (Å²) in [7, 11) is 0. The number of hydrogen-bond donors (Lipinski definition) is 1. The van der Waals surface area contributed by atoms with E-state index in [4.69, 9.17) is 9.78 Å². The standard InChI is InChI=1S/C23H23N3O6S/c27-15-24-18-2-1-10-25(14-18)23(28)8-4-16-3-7-22(20(12-16)26(29)30)33-19-5-6-21-17(13-19)9-11-31-32-21/h3-8,12-13,15,18H,1-2,9-11,14H2,(H,24,27). The Labute approximate surface area is 194 Å². The molecule has 172 valence electrons. The van der Waals surface area contributed by atoms with E-state index >= 15 is 0 Å². The van der Waals surface area contributed by atoms with Crippen LogP contribution < -0.4 is 10.2 Å². The lowest BCUT2D eigenvalue weighted by atomic mass is 10.1. The van der Waals surface area contributed by atoms with E-state index in [-0.39, 0.29) is 17.6 Å². The molecule has 33 heavy (non-hydrogen) atoms. The Kier molecular flexibility index (Phi) is 7.26. The zero-order valence-electron chi connectivity index (χ0n) is 17.8. The molecule has 2 aliphatic heterocycles. The number of amides is 2. The minimum absolute atomic E-state index is 0.0277. The van der Waals surface area contributed by atoms with Gasteiger partial charge in [-0.15, -0.1) is 0 Å². The van der Waals surface area contributed by atoms with Crippen LogP contribution >= 0.6 is 11.8 Å². The number of benzene rings is 2. The second-order valence-electron chi connectivity index (χ2n) is 7.75. The van der Waals surface area contributed by atoms with Gasteiger partial charge in [-0.3, -0.25) is 19.7 Å². The Morgan fingerprint density at radius 1 is 1.27 bits per heavy atom. The SMILES string of the molecule is O=CNC1CCCN(C(=O)C=Cc2ccc(Sc3ccc4c(c3)CCOO4)c([N+](=O)[O-])c2)C1. The third-order valence-electron chi connectivity index (χ3n) is 5.50. The lowest BCUT2D eigenvalue weighted by Crippen LogP contribution is -2.47. The average molecular weight is 470 g/mol. The molecule has 0 radical (unpaired) electrons. The van der Waals surface area contributed by atoms with Crippen molar-refractivity contribution in [3.63, 3.8) is 0 Å². The zero-order valence-corrected chi connectivity index (χ0v) is 18.6. The first-order valence-corrected chi connectivity index (χ1v) is 11.4. The van der Waals surface area contributed by atoms with Gasteiger partial charge in [0.25, 0.3) is 5.69 Å². The number of nitrogens with one attached hydrogen (secondary N) is 1. The minimum atomic E-state index is -0.419. The maximum Gasteiger partial charge on any atom is 0.283 e.